The topological polar surface area (TPSA) is 99.2 Å². The Balaban J connectivity index is 1.33. The Morgan fingerprint density at radius 2 is 1.97 bits per heavy atom. The Morgan fingerprint density at radius 3 is 2.81 bits per heavy atom. The summed E-state index contributed by atoms with van der Waals surface area (Å²) in [5.74, 6) is 0.891. The van der Waals surface area contributed by atoms with E-state index in [1.807, 2.05) is 41.3 Å². The molecule has 1 saturated heterocycles. The summed E-state index contributed by atoms with van der Waals surface area (Å²) in [6, 6.07) is 12.9. The van der Waals surface area contributed by atoms with Crippen LogP contribution in [0.4, 0.5) is 0 Å². The Morgan fingerprint density at radius 1 is 1.13 bits per heavy atom. The number of hydrogen-bond acceptors (Lipinski definition) is 7. The number of aryl methyl sites for hydroxylation is 1. The van der Waals surface area contributed by atoms with E-state index in [1.54, 1.807) is 10.7 Å². The number of amides is 1. The van der Waals surface area contributed by atoms with Crippen LogP contribution in [0.3, 0.4) is 0 Å². The van der Waals surface area contributed by atoms with Crippen molar-refractivity contribution in [2.75, 3.05) is 26.3 Å². The maximum Gasteiger partial charge on any atom is 0.259 e. The number of halogens is 1. The molecule has 2 aromatic carbocycles. The van der Waals surface area contributed by atoms with Crippen molar-refractivity contribution >= 4 is 28.5 Å². The first kappa shape index (κ1) is 19.7. The standard InChI is InChI=1S/C21H19ClN6O3/c22-16-4-2-1-3-15(16)21-23-20(25-31-21)14-5-6-18-17(13-14)24-26-28(18)8-7-19(29)27-9-11-30-12-10-27/h1-6,13H,7-12H2. The van der Waals surface area contributed by atoms with E-state index in [9.17, 15) is 4.79 Å². The highest BCUT2D eigenvalue weighted by Crippen LogP contribution is 2.28. The van der Waals surface area contributed by atoms with E-state index in [-0.39, 0.29) is 5.91 Å². The van der Waals surface area contributed by atoms with Crippen LogP contribution >= 0.6 is 11.6 Å². The van der Waals surface area contributed by atoms with Crippen LogP contribution in [-0.4, -0.2) is 62.2 Å². The molecule has 3 heterocycles. The highest BCUT2D eigenvalue weighted by molar-refractivity contribution is 6.33. The number of fused-ring (bicyclic) bond motifs is 1. The van der Waals surface area contributed by atoms with Gasteiger partial charge in [0.25, 0.3) is 5.89 Å². The fraction of sp³-hybridized carbons (Fsp3) is 0.286. The van der Waals surface area contributed by atoms with Crippen molar-refractivity contribution in [3.05, 3.63) is 47.5 Å². The summed E-state index contributed by atoms with van der Waals surface area (Å²) in [6.07, 6.45) is 0.367. The summed E-state index contributed by atoms with van der Waals surface area (Å²) in [7, 11) is 0. The van der Waals surface area contributed by atoms with Gasteiger partial charge < -0.3 is 14.2 Å². The Hall–Kier alpha value is -3.30. The van der Waals surface area contributed by atoms with Gasteiger partial charge in [-0.15, -0.1) is 5.10 Å². The molecular weight excluding hydrogens is 420 g/mol. The molecule has 1 aliphatic heterocycles. The number of rotatable bonds is 5. The van der Waals surface area contributed by atoms with Crippen LogP contribution in [0.2, 0.25) is 5.02 Å². The second-order valence-electron chi connectivity index (χ2n) is 7.16. The summed E-state index contributed by atoms with van der Waals surface area (Å²) in [5, 5.41) is 13.0. The molecule has 4 aromatic rings. The second-order valence-corrected chi connectivity index (χ2v) is 7.57. The largest absolute Gasteiger partial charge is 0.378 e. The van der Waals surface area contributed by atoms with Gasteiger partial charge in [-0.3, -0.25) is 4.79 Å². The first-order valence-corrected chi connectivity index (χ1v) is 10.3. The van der Waals surface area contributed by atoms with Crippen molar-refractivity contribution < 1.29 is 14.1 Å². The van der Waals surface area contributed by atoms with Gasteiger partial charge in [0.1, 0.15) is 5.52 Å². The molecule has 0 bridgehead atoms. The van der Waals surface area contributed by atoms with Crippen molar-refractivity contribution in [3.8, 4) is 22.8 Å². The molecule has 31 heavy (non-hydrogen) atoms. The van der Waals surface area contributed by atoms with E-state index in [4.69, 9.17) is 20.9 Å². The van der Waals surface area contributed by atoms with Crippen LogP contribution in [0.25, 0.3) is 33.9 Å². The lowest BCUT2D eigenvalue weighted by Crippen LogP contribution is -2.41. The lowest BCUT2D eigenvalue weighted by molar-refractivity contribution is -0.135. The maximum absolute atomic E-state index is 12.4. The van der Waals surface area contributed by atoms with Gasteiger partial charge in [0.15, 0.2) is 0 Å². The van der Waals surface area contributed by atoms with Crippen molar-refractivity contribution in [2.24, 2.45) is 0 Å². The molecule has 10 heteroatoms. The van der Waals surface area contributed by atoms with E-state index in [2.05, 4.69) is 20.5 Å². The molecule has 1 amide bonds. The summed E-state index contributed by atoms with van der Waals surface area (Å²) in [6.45, 7) is 2.93. The molecule has 1 fully saturated rings. The van der Waals surface area contributed by atoms with E-state index < -0.39 is 0 Å². The van der Waals surface area contributed by atoms with Gasteiger partial charge in [0.2, 0.25) is 11.7 Å². The molecule has 9 nitrogen and oxygen atoms in total. The van der Waals surface area contributed by atoms with Crippen LogP contribution < -0.4 is 0 Å². The number of benzene rings is 2. The lowest BCUT2D eigenvalue weighted by atomic mass is 10.2. The molecule has 0 spiro atoms. The molecule has 0 aliphatic carbocycles. The first-order valence-electron chi connectivity index (χ1n) is 9.97. The van der Waals surface area contributed by atoms with Gasteiger partial charge in [-0.2, -0.15) is 4.98 Å². The van der Waals surface area contributed by atoms with Gasteiger partial charge >= 0.3 is 0 Å². The monoisotopic (exact) mass is 438 g/mol. The predicted molar refractivity (Wildman–Crippen MR) is 113 cm³/mol. The third-order valence-electron chi connectivity index (χ3n) is 5.20. The van der Waals surface area contributed by atoms with Gasteiger partial charge in [0.05, 0.1) is 35.9 Å². The van der Waals surface area contributed by atoms with E-state index in [0.717, 1.165) is 11.1 Å². The van der Waals surface area contributed by atoms with Crippen molar-refractivity contribution in [2.45, 2.75) is 13.0 Å². The van der Waals surface area contributed by atoms with Gasteiger partial charge in [-0.25, -0.2) is 4.68 Å². The quantitative estimate of drug-likeness (QED) is 0.472. The molecule has 158 valence electrons. The SMILES string of the molecule is O=C(CCn1nnc2cc(-c3noc(-c4ccccc4Cl)n3)ccc21)N1CCOCC1. The molecule has 0 saturated carbocycles. The number of nitrogens with zero attached hydrogens (tertiary/aromatic N) is 6. The predicted octanol–water partition coefficient (Wildman–Crippen LogP) is 3.05. The number of aromatic nitrogens is 5. The fourth-order valence-electron chi connectivity index (χ4n) is 3.53. The zero-order chi connectivity index (χ0) is 21.2. The minimum absolute atomic E-state index is 0.0995. The summed E-state index contributed by atoms with van der Waals surface area (Å²) >= 11 is 6.21. The van der Waals surface area contributed by atoms with Crippen molar-refractivity contribution in [3.63, 3.8) is 0 Å². The van der Waals surface area contributed by atoms with Crippen LogP contribution in [-0.2, 0) is 16.1 Å². The van der Waals surface area contributed by atoms with E-state index >= 15 is 0 Å². The van der Waals surface area contributed by atoms with Crippen LogP contribution in [0.1, 0.15) is 6.42 Å². The fourth-order valence-corrected chi connectivity index (χ4v) is 3.75. The minimum Gasteiger partial charge on any atom is -0.378 e. The smallest absolute Gasteiger partial charge is 0.259 e. The van der Waals surface area contributed by atoms with E-state index in [0.29, 0.717) is 67.1 Å². The zero-order valence-electron chi connectivity index (χ0n) is 16.6. The van der Waals surface area contributed by atoms with Crippen molar-refractivity contribution in [1.29, 1.82) is 0 Å². The normalized spacial score (nSPS) is 14.3. The third-order valence-corrected chi connectivity index (χ3v) is 5.53. The Labute approximate surface area is 182 Å². The summed E-state index contributed by atoms with van der Waals surface area (Å²) in [4.78, 5) is 18.7. The number of morpholine rings is 1. The summed E-state index contributed by atoms with van der Waals surface area (Å²) < 4.78 is 12.4. The highest BCUT2D eigenvalue weighted by Gasteiger charge is 2.18. The second kappa shape index (κ2) is 8.44. The number of carbonyl (C=O) groups excluding carboxylic acids is 1. The van der Waals surface area contributed by atoms with E-state index in [1.165, 1.54) is 0 Å². The van der Waals surface area contributed by atoms with Crippen LogP contribution in [0.15, 0.2) is 47.0 Å². The van der Waals surface area contributed by atoms with Gasteiger partial charge in [-0.1, -0.05) is 34.1 Å². The number of hydrogen-bond donors (Lipinski definition) is 0. The molecule has 0 atom stereocenters. The first-order chi connectivity index (χ1) is 15.2. The molecule has 2 aromatic heterocycles. The minimum atomic E-state index is 0.0995. The van der Waals surface area contributed by atoms with Crippen LogP contribution in [0, 0.1) is 0 Å². The van der Waals surface area contributed by atoms with Crippen LogP contribution in [0.5, 0.6) is 0 Å². The number of ether oxygens (including phenoxy) is 1. The van der Waals surface area contributed by atoms with Crippen molar-refractivity contribution in [1.82, 2.24) is 30.0 Å². The average Bonchev–Trinajstić information content (AvgIpc) is 3.45. The number of carbonyl (C=O) groups is 1. The highest BCUT2D eigenvalue weighted by atomic mass is 35.5. The summed E-state index contributed by atoms with van der Waals surface area (Å²) in [5.41, 5.74) is 2.97. The maximum atomic E-state index is 12.4. The Bertz CT molecular complexity index is 1230. The molecular formula is C21H19ClN6O3. The van der Waals surface area contributed by atoms with Gasteiger partial charge in [-0.05, 0) is 30.3 Å². The molecule has 5 rings (SSSR count). The van der Waals surface area contributed by atoms with Gasteiger partial charge in [0, 0.05) is 25.1 Å². The molecule has 0 unspecified atom stereocenters. The third kappa shape index (κ3) is 4.01. The zero-order valence-corrected chi connectivity index (χ0v) is 17.3. The molecule has 0 N–H and O–H groups in total. The molecule has 0 radical (unpaired) electrons. The average molecular weight is 439 g/mol. The lowest BCUT2D eigenvalue weighted by Gasteiger charge is -2.26. The molecule has 1 aliphatic rings. The Kier molecular flexibility index (Phi) is 5.35.